The van der Waals surface area contributed by atoms with Crippen LogP contribution in [0.3, 0.4) is 0 Å². The Bertz CT molecular complexity index is 1410. The minimum Gasteiger partial charge on any atom is -0.496 e. The van der Waals surface area contributed by atoms with Crippen LogP contribution in [-0.4, -0.2) is 48.7 Å². The molecule has 8 nitrogen and oxygen atoms in total. The van der Waals surface area contributed by atoms with Crippen LogP contribution < -0.4 is 27.9 Å². The Balaban J connectivity index is 1.78. The smallest absolute Gasteiger partial charge is 0.306 e. The lowest BCUT2D eigenvalue weighted by Gasteiger charge is -2.26. The number of benzene rings is 3. The number of fused-ring (bicyclic) bond motifs is 1. The fourth-order valence-electron chi connectivity index (χ4n) is 3.94. The molecule has 3 aromatic rings. The van der Waals surface area contributed by atoms with Gasteiger partial charge in [-0.15, -0.1) is 0 Å². The molecular formula is C28H30O8S. The summed E-state index contributed by atoms with van der Waals surface area (Å²) in [6.07, 6.45) is 3.00. The van der Waals surface area contributed by atoms with Gasteiger partial charge in [-0.25, -0.2) is 0 Å². The maximum atomic E-state index is 11.5. The van der Waals surface area contributed by atoms with Crippen LogP contribution in [0.1, 0.15) is 13.8 Å². The van der Waals surface area contributed by atoms with Crippen molar-refractivity contribution >= 4 is 10.1 Å². The van der Waals surface area contributed by atoms with Gasteiger partial charge in [-0.2, -0.15) is 8.42 Å². The quantitative estimate of drug-likeness (QED) is 0.267. The fourth-order valence-corrected chi connectivity index (χ4v) is 4.40. The van der Waals surface area contributed by atoms with E-state index < -0.39 is 10.1 Å². The van der Waals surface area contributed by atoms with Crippen molar-refractivity contribution in [2.24, 2.45) is 0 Å². The second-order valence-electron chi connectivity index (χ2n) is 8.63. The van der Waals surface area contributed by atoms with Crippen LogP contribution in [0.5, 0.6) is 34.5 Å². The highest BCUT2D eigenvalue weighted by molar-refractivity contribution is 7.86. The zero-order chi connectivity index (χ0) is 26.6. The lowest BCUT2D eigenvalue weighted by Crippen LogP contribution is -2.17. The minimum atomic E-state index is -3.62. The SMILES string of the molecule is COc1cc(-c2c(OC)cc(-c3ccc(OS(C)(=O)=O)cc3)c3c2OCCO3)ccc1OCC=C(C)C. The van der Waals surface area contributed by atoms with Gasteiger partial charge in [0.05, 0.1) is 26.0 Å². The van der Waals surface area contributed by atoms with Crippen LogP contribution in [0.4, 0.5) is 0 Å². The van der Waals surface area contributed by atoms with Gasteiger partial charge in [0.25, 0.3) is 0 Å². The van der Waals surface area contributed by atoms with E-state index >= 15 is 0 Å². The van der Waals surface area contributed by atoms with Gasteiger partial charge >= 0.3 is 10.1 Å². The zero-order valence-electron chi connectivity index (χ0n) is 21.5. The van der Waals surface area contributed by atoms with Crippen LogP contribution in [0.15, 0.2) is 60.2 Å². The predicted octanol–water partition coefficient (Wildman–Crippen LogP) is 5.49. The van der Waals surface area contributed by atoms with E-state index in [1.165, 1.54) is 5.57 Å². The van der Waals surface area contributed by atoms with Gasteiger partial charge < -0.3 is 27.9 Å². The molecule has 0 radical (unpaired) electrons. The van der Waals surface area contributed by atoms with Crippen molar-refractivity contribution in [2.45, 2.75) is 13.8 Å². The Morgan fingerprint density at radius 3 is 2.14 bits per heavy atom. The molecule has 0 unspecified atom stereocenters. The molecule has 0 saturated heterocycles. The Hall–Kier alpha value is -3.85. The molecule has 0 bridgehead atoms. The van der Waals surface area contributed by atoms with Crippen molar-refractivity contribution in [3.05, 3.63) is 60.2 Å². The summed E-state index contributed by atoms with van der Waals surface area (Å²) in [5.74, 6) is 3.13. The topological polar surface area (TPSA) is 89.5 Å². The van der Waals surface area contributed by atoms with Gasteiger partial charge in [-0.3, -0.25) is 0 Å². The average Bonchev–Trinajstić information content (AvgIpc) is 2.87. The summed E-state index contributed by atoms with van der Waals surface area (Å²) in [7, 11) is -0.431. The molecule has 0 atom stereocenters. The van der Waals surface area contributed by atoms with E-state index in [-0.39, 0.29) is 5.75 Å². The molecule has 37 heavy (non-hydrogen) atoms. The standard InChI is InChI=1S/C28H30O8S/c1-18(2)12-13-33-23-11-8-20(16-24(23)31-3)26-25(32-4)17-22(27-28(26)35-15-14-34-27)19-6-9-21(10-7-19)36-37(5,29)30/h6-12,16-17H,13-15H2,1-5H3. The van der Waals surface area contributed by atoms with Crippen LogP contribution >= 0.6 is 0 Å². The number of ether oxygens (including phenoxy) is 5. The van der Waals surface area contributed by atoms with E-state index in [4.69, 9.17) is 27.9 Å². The first kappa shape index (κ1) is 26.2. The van der Waals surface area contributed by atoms with Crippen molar-refractivity contribution < 1.29 is 36.3 Å². The van der Waals surface area contributed by atoms with Crippen molar-refractivity contribution in [1.82, 2.24) is 0 Å². The molecule has 1 aliphatic heterocycles. The van der Waals surface area contributed by atoms with E-state index in [2.05, 4.69) is 0 Å². The maximum Gasteiger partial charge on any atom is 0.306 e. The first-order valence-electron chi connectivity index (χ1n) is 11.6. The minimum absolute atomic E-state index is 0.222. The monoisotopic (exact) mass is 526 g/mol. The summed E-state index contributed by atoms with van der Waals surface area (Å²) in [6, 6.07) is 14.2. The molecule has 0 N–H and O–H groups in total. The van der Waals surface area contributed by atoms with Gasteiger partial charge in [-0.05, 0) is 61.4 Å². The highest BCUT2D eigenvalue weighted by atomic mass is 32.2. The molecule has 196 valence electrons. The van der Waals surface area contributed by atoms with Crippen molar-refractivity contribution in [3.63, 3.8) is 0 Å². The predicted molar refractivity (Wildman–Crippen MR) is 142 cm³/mol. The Morgan fingerprint density at radius 2 is 1.51 bits per heavy atom. The van der Waals surface area contributed by atoms with E-state index in [0.29, 0.717) is 48.6 Å². The number of allylic oxidation sites excluding steroid dienone is 1. The van der Waals surface area contributed by atoms with Gasteiger partial charge in [0.15, 0.2) is 23.0 Å². The highest BCUT2D eigenvalue weighted by Gasteiger charge is 2.27. The van der Waals surface area contributed by atoms with Crippen LogP contribution in [0, 0.1) is 0 Å². The molecule has 4 rings (SSSR count). The van der Waals surface area contributed by atoms with Gasteiger partial charge in [0.1, 0.15) is 31.3 Å². The largest absolute Gasteiger partial charge is 0.496 e. The van der Waals surface area contributed by atoms with E-state index in [1.54, 1.807) is 38.5 Å². The Morgan fingerprint density at radius 1 is 0.865 bits per heavy atom. The molecule has 3 aromatic carbocycles. The Labute approximate surface area is 217 Å². The number of methoxy groups -OCH3 is 2. The van der Waals surface area contributed by atoms with Crippen LogP contribution in [-0.2, 0) is 10.1 Å². The molecule has 0 fully saturated rings. The zero-order valence-corrected chi connectivity index (χ0v) is 22.3. The summed E-state index contributed by atoms with van der Waals surface area (Å²) in [5.41, 5.74) is 4.24. The maximum absolute atomic E-state index is 11.5. The lowest BCUT2D eigenvalue weighted by molar-refractivity contribution is 0.172. The fraction of sp³-hybridized carbons (Fsp3) is 0.286. The normalized spacial score (nSPS) is 12.5. The summed E-state index contributed by atoms with van der Waals surface area (Å²) in [6.45, 7) is 5.25. The van der Waals surface area contributed by atoms with Crippen molar-refractivity contribution in [2.75, 3.05) is 40.3 Å². The molecule has 9 heteroatoms. The van der Waals surface area contributed by atoms with E-state index in [0.717, 1.165) is 28.5 Å². The van der Waals surface area contributed by atoms with Crippen LogP contribution in [0.2, 0.25) is 0 Å². The number of rotatable bonds is 9. The third-order valence-electron chi connectivity index (χ3n) is 5.59. The highest BCUT2D eigenvalue weighted by Crippen LogP contribution is 2.52. The van der Waals surface area contributed by atoms with Crippen molar-refractivity contribution in [3.8, 4) is 56.8 Å². The molecule has 0 saturated carbocycles. The molecule has 1 aliphatic rings. The van der Waals surface area contributed by atoms with Gasteiger partial charge in [-0.1, -0.05) is 23.8 Å². The van der Waals surface area contributed by atoms with E-state index in [9.17, 15) is 8.42 Å². The molecular weight excluding hydrogens is 496 g/mol. The Kier molecular flexibility index (Phi) is 7.83. The molecule has 0 aliphatic carbocycles. The molecule has 0 spiro atoms. The lowest BCUT2D eigenvalue weighted by atomic mass is 9.96. The molecule has 1 heterocycles. The second kappa shape index (κ2) is 11.0. The second-order valence-corrected chi connectivity index (χ2v) is 10.2. The third-order valence-corrected chi connectivity index (χ3v) is 6.09. The number of hydrogen-bond acceptors (Lipinski definition) is 8. The average molecular weight is 527 g/mol. The summed E-state index contributed by atoms with van der Waals surface area (Å²) in [4.78, 5) is 0. The molecule has 0 amide bonds. The first-order chi connectivity index (χ1) is 17.7. The van der Waals surface area contributed by atoms with Crippen LogP contribution in [0.25, 0.3) is 22.3 Å². The molecule has 0 aromatic heterocycles. The summed E-state index contributed by atoms with van der Waals surface area (Å²) < 4.78 is 57.3. The first-order valence-corrected chi connectivity index (χ1v) is 13.5. The summed E-state index contributed by atoms with van der Waals surface area (Å²) in [5, 5.41) is 0. The van der Waals surface area contributed by atoms with Gasteiger partial charge in [0.2, 0.25) is 0 Å². The van der Waals surface area contributed by atoms with E-state index in [1.807, 2.05) is 44.2 Å². The van der Waals surface area contributed by atoms with Gasteiger partial charge in [0, 0.05) is 5.56 Å². The summed E-state index contributed by atoms with van der Waals surface area (Å²) >= 11 is 0. The van der Waals surface area contributed by atoms with Crippen molar-refractivity contribution in [1.29, 1.82) is 0 Å². The number of hydrogen-bond donors (Lipinski definition) is 0. The third kappa shape index (κ3) is 6.11.